The number of rotatable bonds is 5. The highest BCUT2D eigenvalue weighted by Crippen LogP contribution is 2.22. The lowest BCUT2D eigenvalue weighted by Gasteiger charge is -2.05. The van der Waals surface area contributed by atoms with E-state index in [0.717, 1.165) is 27.8 Å². The van der Waals surface area contributed by atoms with Gasteiger partial charge in [-0.15, -0.1) is 15.3 Å². The van der Waals surface area contributed by atoms with E-state index in [0.29, 0.717) is 6.54 Å². The first kappa shape index (κ1) is 15.8. The van der Waals surface area contributed by atoms with Gasteiger partial charge in [-0.1, -0.05) is 58.9 Å². The summed E-state index contributed by atoms with van der Waals surface area (Å²) in [6.07, 6.45) is 0. The van der Waals surface area contributed by atoms with Crippen LogP contribution in [0.4, 0.5) is 0 Å². The molecule has 0 aliphatic carbocycles. The first-order chi connectivity index (χ1) is 12.2. The maximum atomic E-state index is 4.33. The summed E-state index contributed by atoms with van der Waals surface area (Å²) in [6, 6.07) is 16.5. The summed E-state index contributed by atoms with van der Waals surface area (Å²) in [4.78, 5) is 0. The molecule has 0 saturated carbocycles. The molecule has 4 rings (SSSR count). The van der Waals surface area contributed by atoms with E-state index in [1.807, 2.05) is 40.6 Å². The van der Waals surface area contributed by atoms with Crippen molar-refractivity contribution in [3.63, 3.8) is 0 Å². The molecule has 4 aromatic rings. The number of benzene rings is 2. The molecule has 0 amide bonds. The molecule has 126 valence electrons. The van der Waals surface area contributed by atoms with Gasteiger partial charge < -0.3 is 4.57 Å². The van der Waals surface area contributed by atoms with E-state index in [4.69, 9.17) is 0 Å². The molecule has 2 aromatic heterocycles. The number of hydrogen-bond donors (Lipinski definition) is 0. The Morgan fingerprint density at radius 1 is 0.960 bits per heavy atom. The second kappa shape index (κ2) is 6.68. The fourth-order valence-corrected chi connectivity index (χ4v) is 3.49. The van der Waals surface area contributed by atoms with E-state index in [-0.39, 0.29) is 0 Å². The van der Waals surface area contributed by atoms with Crippen molar-refractivity contribution in [1.82, 2.24) is 29.8 Å². The zero-order chi connectivity index (χ0) is 17.2. The Labute approximate surface area is 149 Å². The minimum atomic E-state index is 0.551. The highest BCUT2D eigenvalue weighted by Gasteiger charge is 2.12. The molecule has 0 aliphatic rings. The van der Waals surface area contributed by atoms with Gasteiger partial charge in [-0.25, -0.2) is 4.68 Å². The third kappa shape index (κ3) is 3.28. The Bertz CT molecular complexity index is 1000. The van der Waals surface area contributed by atoms with Gasteiger partial charge in [0.05, 0.1) is 5.52 Å². The molecule has 0 aliphatic heterocycles. The van der Waals surface area contributed by atoms with Crippen molar-refractivity contribution in [3.8, 4) is 0 Å². The quantitative estimate of drug-likeness (QED) is 0.517. The van der Waals surface area contributed by atoms with E-state index >= 15 is 0 Å². The lowest BCUT2D eigenvalue weighted by atomic mass is 10.2. The van der Waals surface area contributed by atoms with Gasteiger partial charge in [0.25, 0.3) is 0 Å². The molecule has 0 unspecified atom stereocenters. The van der Waals surface area contributed by atoms with Crippen molar-refractivity contribution in [3.05, 3.63) is 65.5 Å². The fourth-order valence-electron chi connectivity index (χ4n) is 2.61. The van der Waals surface area contributed by atoms with Crippen LogP contribution in [-0.4, -0.2) is 29.8 Å². The molecule has 25 heavy (non-hydrogen) atoms. The number of aryl methyl sites for hydroxylation is 1. The smallest absolute Gasteiger partial charge is 0.191 e. The second-order valence-corrected chi connectivity index (χ2v) is 6.91. The topological polar surface area (TPSA) is 61.4 Å². The average molecular weight is 350 g/mol. The number of para-hydroxylation sites is 1. The maximum absolute atomic E-state index is 4.33. The minimum Gasteiger partial charge on any atom is -0.308 e. The van der Waals surface area contributed by atoms with Crippen molar-refractivity contribution in [2.24, 2.45) is 7.05 Å². The molecular formula is C18H18N6S. The van der Waals surface area contributed by atoms with Crippen molar-refractivity contribution in [1.29, 1.82) is 0 Å². The summed E-state index contributed by atoms with van der Waals surface area (Å²) in [6.45, 7) is 2.65. The fraction of sp³-hybridized carbons (Fsp3) is 0.222. The van der Waals surface area contributed by atoms with Crippen LogP contribution in [0.2, 0.25) is 0 Å². The third-order valence-electron chi connectivity index (χ3n) is 4.13. The molecule has 0 saturated heterocycles. The monoisotopic (exact) mass is 350 g/mol. The van der Waals surface area contributed by atoms with Gasteiger partial charge in [0.1, 0.15) is 12.1 Å². The van der Waals surface area contributed by atoms with Crippen LogP contribution in [0.25, 0.3) is 11.0 Å². The van der Waals surface area contributed by atoms with Gasteiger partial charge in [-0.3, -0.25) is 0 Å². The predicted octanol–water partition coefficient (Wildman–Crippen LogP) is 3.21. The SMILES string of the molecule is Cc1ccc(CSc2nnc(Cn3nnc4ccccc43)n2C)cc1. The van der Waals surface area contributed by atoms with Crippen LogP contribution in [0.1, 0.15) is 17.0 Å². The average Bonchev–Trinajstić information content (AvgIpc) is 3.20. The summed E-state index contributed by atoms with van der Waals surface area (Å²) in [7, 11) is 1.99. The molecule has 0 bridgehead atoms. The molecule has 0 atom stereocenters. The van der Waals surface area contributed by atoms with E-state index in [9.17, 15) is 0 Å². The van der Waals surface area contributed by atoms with Gasteiger partial charge in [-0.2, -0.15) is 0 Å². The van der Waals surface area contributed by atoms with Crippen LogP contribution < -0.4 is 0 Å². The Hall–Kier alpha value is -2.67. The van der Waals surface area contributed by atoms with Crippen molar-refractivity contribution in [2.75, 3.05) is 0 Å². The molecule has 7 heteroatoms. The summed E-state index contributed by atoms with van der Waals surface area (Å²) in [5.74, 6) is 1.74. The largest absolute Gasteiger partial charge is 0.308 e. The zero-order valence-electron chi connectivity index (χ0n) is 14.1. The summed E-state index contributed by atoms with van der Waals surface area (Å²) in [5.41, 5.74) is 4.44. The number of nitrogens with zero attached hydrogens (tertiary/aromatic N) is 6. The lowest BCUT2D eigenvalue weighted by Crippen LogP contribution is -2.08. The van der Waals surface area contributed by atoms with Crippen LogP contribution in [0, 0.1) is 6.92 Å². The van der Waals surface area contributed by atoms with Crippen LogP contribution in [0.5, 0.6) is 0 Å². The number of thioether (sulfide) groups is 1. The van der Waals surface area contributed by atoms with E-state index < -0.39 is 0 Å². The Balaban J connectivity index is 1.50. The summed E-state index contributed by atoms with van der Waals surface area (Å²) < 4.78 is 3.88. The van der Waals surface area contributed by atoms with E-state index in [1.54, 1.807) is 11.8 Å². The van der Waals surface area contributed by atoms with Gasteiger partial charge >= 0.3 is 0 Å². The Morgan fingerprint density at radius 3 is 2.60 bits per heavy atom. The number of aromatic nitrogens is 6. The standard InChI is InChI=1S/C18H18N6S/c1-13-7-9-14(10-8-13)12-25-18-21-20-17(23(18)2)11-24-16-6-4-3-5-15(16)19-22-24/h3-10H,11-12H2,1-2H3. The minimum absolute atomic E-state index is 0.551. The third-order valence-corrected chi connectivity index (χ3v) is 5.22. The first-order valence-corrected chi connectivity index (χ1v) is 9.04. The molecular weight excluding hydrogens is 332 g/mol. The molecule has 0 N–H and O–H groups in total. The number of hydrogen-bond acceptors (Lipinski definition) is 5. The molecule has 6 nitrogen and oxygen atoms in total. The molecule has 2 aromatic carbocycles. The van der Waals surface area contributed by atoms with Crippen molar-refractivity contribution < 1.29 is 0 Å². The molecule has 2 heterocycles. The predicted molar refractivity (Wildman–Crippen MR) is 98.4 cm³/mol. The van der Waals surface area contributed by atoms with Crippen LogP contribution in [0.3, 0.4) is 0 Å². The van der Waals surface area contributed by atoms with Gasteiger partial charge in [-0.05, 0) is 24.6 Å². The highest BCUT2D eigenvalue weighted by atomic mass is 32.2. The van der Waals surface area contributed by atoms with Gasteiger partial charge in [0.2, 0.25) is 0 Å². The van der Waals surface area contributed by atoms with Crippen LogP contribution in [-0.2, 0) is 19.3 Å². The maximum Gasteiger partial charge on any atom is 0.191 e. The van der Waals surface area contributed by atoms with Crippen LogP contribution in [0.15, 0.2) is 53.7 Å². The number of fused-ring (bicyclic) bond motifs is 1. The Kier molecular flexibility index (Phi) is 4.23. The van der Waals surface area contributed by atoms with Crippen molar-refractivity contribution in [2.45, 2.75) is 24.4 Å². The highest BCUT2D eigenvalue weighted by molar-refractivity contribution is 7.98. The first-order valence-electron chi connectivity index (χ1n) is 8.05. The molecule has 0 fully saturated rings. The molecule has 0 spiro atoms. The van der Waals surface area contributed by atoms with Gasteiger partial charge in [0.15, 0.2) is 11.0 Å². The summed E-state index contributed by atoms with van der Waals surface area (Å²) >= 11 is 1.69. The van der Waals surface area contributed by atoms with E-state index in [2.05, 4.69) is 51.7 Å². The Morgan fingerprint density at radius 2 is 1.76 bits per heavy atom. The zero-order valence-corrected chi connectivity index (χ0v) is 14.9. The summed E-state index contributed by atoms with van der Waals surface area (Å²) in [5, 5.41) is 18.0. The molecule has 0 radical (unpaired) electrons. The van der Waals surface area contributed by atoms with Crippen LogP contribution >= 0.6 is 11.8 Å². The normalized spacial score (nSPS) is 11.3. The second-order valence-electron chi connectivity index (χ2n) is 5.97. The van der Waals surface area contributed by atoms with Gasteiger partial charge in [0, 0.05) is 12.8 Å². The lowest BCUT2D eigenvalue weighted by molar-refractivity contribution is 0.613. The van der Waals surface area contributed by atoms with E-state index in [1.165, 1.54) is 11.1 Å². The van der Waals surface area contributed by atoms with Crippen molar-refractivity contribution >= 4 is 22.8 Å².